The van der Waals surface area contributed by atoms with Gasteiger partial charge in [0, 0.05) is 7.05 Å². The molecule has 1 aromatic heterocycles. The molecular formula is C8H12N2O3S. The number of hydrogen-bond acceptors (Lipinski definition) is 4. The fraction of sp³-hybridized carbons (Fsp3) is 0.500. The third kappa shape index (κ3) is 2.66. The van der Waals surface area contributed by atoms with E-state index in [-0.39, 0.29) is 6.61 Å². The van der Waals surface area contributed by atoms with Crippen LogP contribution in [0.4, 0.5) is 0 Å². The Morgan fingerprint density at radius 1 is 1.79 bits per heavy atom. The molecular weight excluding hydrogens is 204 g/mol. The number of aryl methyl sites for hydroxylation is 1. The summed E-state index contributed by atoms with van der Waals surface area (Å²) in [6, 6.07) is 0. The van der Waals surface area contributed by atoms with Crippen molar-refractivity contribution in [1.29, 1.82) is 0 Å². The van der Waals surface area contributed by atoms with Crippen LogP contribution in [0.15, 0.2) is 11.1 Å². The van der Waals surface area contributed by atoms with Gasteiger partial charge in [-0.3, -0.25) is 0 Å². The Balaban J connectivity index is 2.71. The zero-order chi connectivity index (χ0) is 10.6. The largest absolute Gasteiger partial charge is 0.479 e. The first-order chi connectivity index (χ1) is 6.65. The molecule has 0 saturated heterocycles. The lowest BCUT2D eigenvalue weighted by atomic mass is 10.6. The molecule has 1 N–H and O–H groups in total. The number of carboxylic acid groups (broad SMARTS) is 1. The first-order valence-corrected chi connectivity index (χ1v) is 5.13. The molecule has 6 heteroatoms. The van der Waals surface area contributed by atoms with Crippen molar-refractivity contribution >= 4 is 17.7 Å². The normalized spacial score (nSPS) is 10.1. The summed E-state index contributed by atoms with van der Waals surface area (Å²) < 4.78 is 6.63. The molecule has 0 aromatic carbocycles. The third-order valence-electron chi connectivity index (χ3n) is 1.49. The standard InChI is InChI=1S/C8H12N2O3S/c1-3-14-6-4-9-10(2)8(6)13-5-7(11)12/h4H,3,5H2,1-2H3,(H,11,12). The number of hydrogen-bond donors (Lipinski definition) is 1. The van der Waals surface area contributed by atoms with Gasteiger partial charge in [0.15, 0.2) is 6.61 Å². The molecule has 14 heavy (non-hydrogen) atoms. The van der Waals surface area contributed by atoms with Gasteiger partial charge in [-0.25, -0.2) is 9.48 Å². The predicted octanol–water partition coefficient (Wildman–Crippen LogP) is 0.996. The van der Waals surface area contributed by atoms with Crippen molar-refractivity contribution in [3.05, 3.63) is 6.20 Å². The molecule has 0 saturated carbocycles. The van der Waals surface area contributed by atoms with Gasteiger partial charge >= 0.3 is 5.97 Å². The molecule has 0 bridgehead atoms. The predicted molar refractivity (Wildman–Crippen MR) is 52.7 cm³/mol. The Bertz CT molecular complexity index is 324. The van der Waals surface area contributed by atoms with Crippen molar-refractivity contribution in [2.75, 3.05) is 12.4 Å². The summed E-state index contributed by atoms with van der Waals surface area (Å²) in [6.45, 7) is 1.68. The minimum absolute atomic E-state index is 0.337. The lowest BCUT2D eigenvalue weighted by Gasteiger charge is -2.05. The molecule has 0 aliphatic rings. The fourth-order valence-corrected chi connectivity index (χ4v) is 1.70. The Morgan fingerprint density at radius 3 is 3.07 bits per heavy atom. The number of rotatable bonds is 5. The second-order valence-electron chi connectivity index (χ2n) is 2.55. The van der Waals surface area contributed by atoms with Crippen LogP contribution in [-0.2, 0) is 11.8 Å². The molecule has 0 aliphatic heterocycles. The van der Waals surface area contributed by atoms with E-state index >= 15 is 0 Å². The highest BCUT2D eigenvalue weighted by Gasteiger charge is 2.10. The van der Waals surface area contributed by atoms with Crippen molar-refractivity contribution < 1.29 is 14.6 Å². The maximum atomic E-state index is 10.3. The Labute approximate surface area is 86.1 Å². The first-order valence-electron chi connectivity index (χ1n) is 4.14. The van der Waals surface area contributed by atoms with Crippen LogP contribution >= 0.6 is 11.8 Å². The monoisotopic (exact) mass is 216 g/mol. The van der Waals surface area contributed by atoms with Crippen LogP contribution in [-0.4, -0.2) is 33.2 Å². The smallest absolute Gasteiger partial charge is 0.341 e. The van der Waals surface area contributed by atoms with Crippen LogP contribution in [0.2, 0.25) is 0 Å². The van der Waals surface area contributed by atoms with Gasteiger partial charge in [-0.1, -0.05) is 6.92 Å². The Morgan fingerprint density at radius 2 is 2.50 bits per heavy atom. The van der Waals surface area contributed by atoms with Crippen LogP contribution in [0.1, 0.15) is 6.92 Å². The van der Waals surface area contributed by atoms with Gasteiger partial charge in [-0.05, 0) is 5.75 Å². The minimum Gasteiger partial charge on any atom is -0.479 e. The minimum atomic E-state index is -0.987. The lowest BCUT2D eigenvalue weighted by Crippen LogP contribution is -2.11. The van der Waals surface area contributed by atoms with E-state index in [9.17, 15) is 4.79 Å². The van der Waals surface area contributed by atoms with Gasteiger partial charge in [-0.2, -0.15) is 5.10 Å². The summed E-state index contributed by atoms with van der Waals surface area (Å²) in [7, 11) is 1.72. The van der Waals surface area contributed by atoms with Crippen LogP contribution < -0.4 is 4.74 Å². The van der Waals surface area contributed by atoms with E-state index < -0.39 is 5.97 Å². The SMILES string of the molecule is CCSc1cnn(C)c1OCC(=O)O. The molecule has 0 radical (unpaired) electrons. The van der Waals surface area contributed by atoms with E-state index in [2.05, 4.69) is 5.10 Å². The molecule has 0 atom stereocenters. The molecule has 78 valence electrons. The average Bonchev–Trinajstić information content (AvgIpc) is 2.45. The number of carboxylic acids is 1. The average molecular weight is 216 g/mol. The molecule has 1 rings (SSSR count). The van der Waals surface area contributed by atoms with E-state index in [1.54, 1.807) is 25.0 Å². The second kappa shape index (κ2) is 4.90. The lowest BCUT2D eigenvalue weighted by molar-refractivity contribution is -0.139. The Hall–Kier alpha value is -1.17. The summed E-state index contributed by atoms with van der Waals surface area (Å²) >= 11 is 1.57. The molecule has 0 aliphatic carbocycles. The highest BCUT2D eigenvalue weighted by molar-refractivity contribution is 7.99. The quantitative estimate of drug-likeness (QED) is 0.744. The van der Waals surface area contributed by atoms with Crippen LogP contribution in [0.3, 0.4) is 0 Å². The van der Waals surface area contributed by atoms with Crippen molar-refractivity contribution in [3.8, 4) is 5.88 Å². The number of nitrogens with zero attached hydrogens (tertiary/aromatic N) is 2. The first kappa shape index (κ1) is 10.9. The number of ether oxygens (including phenoxy) is 1. The van der Waals surface area contributed by atoms with Gasteiger partial charge in [0.05, 0.1) is 11.1 Å². The summed E-state index contributed by atoms with van der Waals surface area (Å²) in [4.78, 5) is 11.2. The molecule has 1 heterocycles. The van der Waals surface area contributed by atoms with Gasteiger partial charge in [0.25, 0.3) is 0 Å². The highest BCUT2D eigenvalue weighted by atomic mass is 32.2. The third-order valence-corrected chi connectivity index (χ3v) is 2.36. The topological polar surface area (TPSA) is 64.4 Å². The highest BCUT2D eigenvalue weighted by Crippen LogP contribution is 2.27. The molecule has 0 fully saturated rings. The van der Waals surface area contributed by atoms with Crippen LogP contribution in [0.25, 0.3) is 0 Å². The van der Waals surface area contributed by atoms with Crippen molar-refractivity contribution in [3.63, 3.8) is 0 Å². The van der Waals surface area contributed by atoms with Crippen molar-refractivity contribution in [2.24, 2.45) is 7.05 Å². The molecule has 1 aromatic rings. The van der Waals surface area contributed by atoms with E-state index in [4.69, 9.17) is 9.84 Å². The van der Waals surface area contributed by atoms with Crippen LogP contribution in [0, 0.1) is 0 Å². The van der Waals surface area contributed by atoms with E-state index in [1.807, 2.05) is 6.92 Å². The number of aromatic nitrogens is 2. The summed E-state index contributed by atoms with van der Waals surface area (Å²) in [5, 5.41) is 12.5. The number of carbonyl (C=O) groups is 1. The molecule has 5 nitrogen and oxygen atoms in total. The summed E-state index contributed by atoms with van der Waals surface area (Å²) in [5.41, 5.74) is 0. The number of thioether (sulfide) groups is 1. The zero-order valence-electron chi connectivity index (χ0n) is 8.06. The fourth-order valence-electron chi connectivity index (χ4n) is 0.955. The zero-order valence-corrected chi connectivity index (χ0v) is 8.87. The van der Waals surface area contributed by atoms with Crippen molar-refractivity contribution in [1.82, 2.24) is 9.78 Å². The van der Waals surface area contributed by atoms with E-state index in [0.717, 1.165) is 10.6 Å². The summed E-state index contributed by atoms with van der Waals surface area (Å²) in [6.07, 6.45) is 1.67. The van der Waals surface area contributed by atoms with Gasteiger partial charge < -0.3 is 9.84 Å². The summed E-state index contributed by atoms with van der Waals surface area (Å²) in [5.74, 6) is 0.424. The molecule has 0 unspecified atom stereocenters. The maximum Gasteiger partial charge on any atom is 0.341 e. The van der Waals surface area contributed by atoms with E-state index in [0.29, 0.717) is 5.88 Å². The molecule has 0 amide bonds. The second-order valence-corrected chi connectivity index (χ2v) is 3.86. The maximum absolute atomic E-state index is 10.3. The Kier molecular flexibility index (Phi) is 3.82. The van der Waals surface area contributed by atoms with Gasteiger partial charge in [0.1, 0.15) is 0 Å². The van der Waals surface area contributed by atoms with Gasteiger partial charge in [-0.15, -0.1) is 11.8 Å². The van der Waals surface area contributed by atoms with Crippen LogP contribution in [0.5, 0.6) is 5.88 Å². The van der Waals surface area contributed by atoms with Crippen molar-refractivity contribution in [2.45, 2.75) is 11.8 Å². The molecule has 0 spiro atoms. The number of aliphatic carboxylic acids is 1. The van der Waals surface area contributed by atoms with Gasteiger partial charge in [0.2, 0.25) is 5.88 Å². The van der Waals surface area contributed by atoms with E-state index in [1.165, 1.54) is 4.68 Å².